The minimum Gasteiger partial charge on any atom is -0.494 e. The summed E-state index contributed by atoms with van der Waals surface area (Å²) in [6.45, 7) is 2.72. The van der Waals surface area contributed by atoms with Gasteiger partial charge in [-0.1, -0.05) is 31.2 Å². The van der Waals surface area contributed by atoms with Crippen LogP contribution in [0.2, 0.25) is 0 Å². The van der Waals surface area contributed by atoms with Gasteiger partial charge in [-0.2, -0.15) is 5.10 Å². The number of hydrazone groups is 1. The van der Waals surface area contributed by atoms with Crippen LogP contribution in [0.5, 0.6) is 5.75 Å². The molecule has 2 rings (SSSR count). The van der Waals surface area contributed by atoms with Crippen LogP contribution in [0.15, 0.2) is 53.6 Å². The van der Waals surface area contributed by atoms with Crippen molar-refractivity contribution in [1.29, 1.82) is 0 Å². The quantitative estimate of drug-likeness (QED) is 0.489. The zero-order valence-corrected chi connectivity index (χ0v) is 12.5. The fraction of sp³-hybridized carbons (Fsp3) is 0.176. The molecule has 0 aliphatic heterocycles. The Hall–Kier alpha value is -2.82. The van der Waals surface area contributed by atoms with Crippen molar-refractivity contribution >= 4 is 17.8 Å². The second-order valence-corrected chi connectivity index (χ2v) is 4.71. The molecule has 2 aromatic rings. The molecule has 0 spiro atoms. The first-order chi connectivity index (χ1) is 10.7. The summed E-state index contributed by atoms with van der Waals surface area (Å²) in [5.74, 6) is 0.442. The largest absolute Gasteiger partial charge is 0.494 e. The van der Waals surface area contributed by atoms with Crippen molar-refractivity contribution in [1.82, 2.24) is 5.43 Å². The molecule has 0 aliphatic rings. The fourth-order valence-corrected chi connectivity index (χ4v) is 1.83. The first kappa shape index (κ1) is 15.6. The van der Waals surface area contributed by atoms with Crippen LogP contribution >= 0.6 is 0 Å². The smallest absolute Gasteiger partial charge is 0.273 e. The van der Waals surface area contributed by atoms with E-state index in [1.165, 1.54) is 0 Å². The van der Waals surface area contributed by atoms with Gasteiger partial charge in [-0.3, -0.25) is 4.79 Å². The Balaban J connectivity index is 1.98. The van der Waals surface area contributed by atoms with Crippen molar-refractivity contribution in [3.63, 3.8) is 0 Å². The molecule has 3 N–H and O–H groups in total. The number of nitrogens with zero attached hydrogens (tertiary/aromatic N) is 1. The van der Waals surface area contributed by atoms with Gasteiger partial charge in [0.2, 0.25) is 0 Å². The monoisotopic (exact) mass is 297 g/mol. The Bertz CT molecular complexity index is 668. The minimum atomic E-state index is -0.340. The number of carbonyl (C=O) groups is 1. The van der Waals surface area contributed by atoms with Crippen molar-refractivity contribution in [3.05, 3.63) is 59.7 Å². The molecule has 0 unspecified atom stereocenters. The molecule has 5 heteroatoms. The number of rotatable bonds is 6. The highest BCUT2D eigenvalue weighted by molar-refractivity contribution is 5.99. The molecule has 114 valence electrons. The topological polar surface area (TPSA) is 76.7 Å². The standard InChI is InChI=1S/C17H19N3O2/c1-2-10-22-14-7-5-6-13(11-14)12-19-20-17(21)15-8-3-4-9-16(15)18/h3-9,11-12H,2,10,18H2,1H3,(H,20,21)/b19-12-. The van der Waals surface area contributed by atoms with Gasteiger partial charge in [0, 0.05) is 5.69 Å². The van der Waals surface area contributed by atoms with Gasteiger partial charge >= 0.3 is 0 Å². The highest BCUT2D eigenvalue weighted by Gasteiger charge is 2.06. The van der Waals surface area contributed by atoms with Gasteiger partial charge in [-0.05, 0) is 36.2 Å². The van der Waals surface area contributed by atoms with Crippen molar-refractivity contribution in [2.24, 2.45) is 5.10 Å². The Labute approximate surface area is 129 Å². The SMILES string of the molecule is CCCOc1cccc(/C=N\NC(=O)c2ccccc2N)c1. The summed E-state index contributed by atoms with van der Waals surface area (Å²) in [7, 11) is 0. The molecule has 0 atom stereocenters. The molecule has 2 aromatic carbocycles. The number of carbonyl (C=O) groups excluding carboxylic acids is 1. The van der Waals surface area contributed by atoms with Gasteiger partial charge in [0.05, 0.1) is 18.4 Å². The summed E-state index contributed by atoms with van der Waals surface area (Å²) in [6.07, 6.45) is 2.52. The third-order valence-electron chi connectivity index (χ3n) is 2.92. The molecule has 0 radical (unpaired) electrons. The molecule has 0 fully saturated rings. The Morgan fingerprint density at radius 3 is 2.86 bits per heavy atom. The van der Waals surface area contributed by atoms with E-state index in [4.69, 9.17) is 10.5 Å². The number of nitrogens with one attached hydrogen (secondary N) is 1. The number of para-hydroxylation sites is 1. The number of amides is 1. The van der Waals surface area contributed by atoms with Gasteiger partial charge in [-0.15, -0.1) is 0 Å². The van der Waals surface area contributed by atoms with Crippen LogP contribution in [0.1, 0.15) is 29.3 Å². The summed E-state index contributed by atoms with van der Waals surface area (Å²) in [4.78, 5) is 11.9. The first-order valence-electron chi connectivity index (χ1n) is 7.11. The van der Waals surface area contributed by atoms with E-state index in [0.29, 0.717) is 17.9 Å². The lowest BCUT2D eigenvalue weighted by Gasteiger charge is -2.05. The maximum atomic E-state index is 11.9. The number of nitrogens with two attached hydrogens (primary N) is 1. The summed E-state index contributed by atoms with van der Waals surface area (Å²) in [5.41, 5.74) is 9.87. The zero-order chi connectivity index (χ0) is 15.8. The van der Waals surface area contributed by atoms with E-state index in [-0.39, 0.29) is 5.91 Å². The second kappa shape index (κ2) is 7.83. The first-order valence-corrected chi connectivity index (χ1v) is 7.11. The van der Waals surface area contributed by atoms with Crippen LogP contribution in [-0.2, 0) is 0 Å². The molecule has 0 aliphatic carbocycles. The lowest BCUT2D eigenvalue weighted by atomic mass is 10.2. The van der Waals surface area contributed by atoms with Crippen LogP contribution in [0, 0.1) is 0 Å². The van der Waals surface area contributed by atoms with Crippen molar-refractivity contribution in [2.75, 3.05) is 12.3 Å². The van der Waals surface area contributed by atoms with Crippen molar-refractivity contribution in [2.45, 2.75) is 13.3 Å². The van der Waals surface area contributed by atoms with Gasteiger partial charge in [0.15, 0.2) is 0 Å². The molecule has 22 heavy (non-hydrogen) atoms. The van der Waals surface area contributed by atoms with E-state index in [0.717, 1.165) is 17.7 Å². The number of nitrogen functional groups attached to an aromatic ring is 1. The molecule has 0 saturated heterocycles. The van der Waals surface area contributed by atoms with E-state index in [9.17, 15) is 4.79 Å². The van der Waals surface area contributed by atoms with Gasteiger partial charge in [-0.25, -0.2) is 5.43 Å². The van der Waals surface area contributed by atoms with Crippen molar-refractivity contribution < 1.29 is 9.53 Å². The number of benzene rings is 2. The van der Waals surface area contributed by atoms with Crippen molar-refractivity contribution in [3.8, 4) is 5.75 Å². The molecule has 0 bridgehead atoms. The summed E-state index contributed by atoms with van der Waals surface area (Å²) < 4.78 is 5.54. The maximum absolute atomic E-state index is 11.9. The maximum Gasteiger partial charge on any atom is 0.273 e. The highest BCUT2D eigenvalue weighted by Crippen LogP contribution is 2.12. The van der Waals surface area contributed by atoms with Crippen LogP contribution in [0.4, 0.5) is 5.69 Å². The molecular weight excluding hydrogens is 278 g/mol. The normalized spacial score (nSPS) is 10.6. The lowest BCUT2D eigenvalue weighted by molar-refractivity contribution is 0.0956. The van der Waals surface area contributed by atoms with Gasteiger partial charge in [0.1, 0.15) is 5.75 Å². The molecule has 1 amide bonds. The van der Waals surface area contributed by atoms with E-state index < -0.39 is 0 Å². The Morgan fingerprint density at radius 2 is 2.09 bits per heavy atom. The molecule has 0 saturated carbocycles. The zero-order valence-electron chi connectivity index (χ0n) is 12.5. The van der Waals surface area contributed by atoms with E-state index in [1.54, 1.807) is 30.5 Å². The number of hydrogen-bond acceptors (Lipinski definition) is 4. The van der Waals surface area contributed by atoms with E-state index in [1.807, 2.05) is 24.3 Å². The average Bonchev–Trinajstić information content (AvgIpc) is 2.53. The van der Waals surface area contributed by atoms with E-state index in [2.05, 4.69) is 17.5 Å². The van der Waals surface area contributed by atoms with Crippen LogP contribution in [0.25, 0.3) is 0 Å². The Morgan fingerprint density at radius 1 is 1.27 bits per heavy atom. The predicted molar refractivity (Wildman–Crippen MR) is 88.1 cm³/mol. The van der Waals surface area contributed by atoms with Crippen LogP contribution < -0.4 is 15.9 Å². The molecule has 0 heterocycles. The van der Waals surface area contributed by atoms with Gasteiger partial charge < -0.3 is 10.5 Å². The molecule has 0 aromatic heterocycles. The molecule has 5 nitrogen and oxygen atoms in total. The Kier molecular flexibility index (Phi) is 5.54. The molecular formula is C17H19N3O2. The summed E-state index contributed by atoms with van der Waals surface area (Å²) in [5, 5.41) is 3.94. The second-order valence-electron chi connectivity index (χ2n) is 4.71. The number of anilines is 1. The third-order valence-corrected chi connectivity index (χ3v) is 2.92. The summed E-state index contributed by atoms with van der Waals surface area (Å²) >= 11 is 0. The van der Waals surface area contributed by atoms with Gasteiger partial charge in [0.25, 0.3) is 5.91 Å². The predicted octanol–water partition coefficient (Wildman–Crippen LogP) is 2.82. The number of hydrogen-bond donors (Lipinski definition) is 2. The average molecular weight is 297 g/mol. The van der Waals surface area contributed by atoms with E-state index >= 15 is 0 Å². The third kappa shape index (κ3) is 4.34. The number of ether oxygens (including phenoxy) is 1. The van der Waals surface area contributed by atoms with Crippen LogP contribution in [0.3, 0.4) is 0 Å². The fourth-order valence-electron chi connectivity index (χ4n) is 1.83. The minimum absolute atomic E-state index is 0.340. The van der Waals surface area contributed by atoms with Crippen LogP contribution in [-0.4, -0.2) is 18.7 Å². The highest BCUT2D eigenvalue weighted by atomic mass is 16.5. The summed E-state index contributed by atoms with van der Waals surface area (Å²) in [6, 6.07) is 14.4. The lowest BCUT2D eigenvalue weighted by Crippen LogP contribution is -2.18.